The third-order valence-electron chi connectivity index (χ3n) is 9.46. The standard InChI is InChI=1S/C37H39ClN6O4S/c38-33-24-40-37(42-35(33)32-25-44(34-17-8-7-16-31(32)34)49(46,47)30-14-5-2-6-15-30)41-29-13-9-10-26(22-29)23-39-28-18-20-43(21-19-28)48-36(45)27-11-3-1-4-12-27/h1-8,11-12,14-17,24-26,28-29,39H,9-10,13,18-23H2,(H,40,41,42)/t26-,29+/m0/s1. The Morgan fingerprint density at radius 3 is 2.39 bits per heavy atom. The van der Waals surface area contributed by atoms with E-state index in [-0.39, 0.29) is 16.9 Å². The summed E-state index contributed by atoms with van der Waals surface area (Å²) < 4.78 is 28.6. The number of hydrogen-bond acceptors (Lipinski definition) is 9. The van der Waals surface area contributed by atoms with Crippen molar-refractivity contribution in [2.75, 3.05) is 25.0 Å². The Labute approximate surface area is 291 Å². The Balaban J connectivity index is 0.978. The van der Waals surface area contributed by atoms with Gasteiger partial charge >= 0.3 is 5.97 Å². The van der Waals surface area contributed by atoms with Gasteiger partial charge in [0.05, 0.1) is 32.9 Å². The van der Waals surface area contributed by atoms with E-state index in [0.717, 1.165) is 50.5 Å². The van der Waals surface area contributed by atoms with E-state index in [1.54, 1.807) is 66.0 Å². The maximum absolute atomic E-state index is 13.7. The van der Waals surface area contributed by atoms with Crippen molar-refractivity contribution in [1.29, 1.82) is 0 Å². The quantitative estimate of drug-likeness (QED) is 0.163. The topological polar surface area (TPSA) is 118 Å². The molecule has 2 aromatic heterocycles. The molecular weight excluding hydrogens is 660 g/mol. The third kappa shape index (κ3) is 7.50. The van der Waals surface area contributed by atoms with Crippen molar-refractivity contribution in [2.24, 2.45) is 5.92 Å². The van der Waals surface area contributed by atoms with Crippen LogP contribution >= 0.6 is 11.6 Å². The van der Waals surface area contributed by atoms with E-state index in [1.165, 1.54) is 3.97 Å². The van der Waals surface area contributed by atoms with Crippen LogP contribution in [0.1, 0.15) is 48.9 Å². The molecular formula is C37H39ClN6O4S. The maximum atomic E-state index is 13.7. The van der Waals surface area contributed by atoms with Crippen LogP contribution in [-0.2, 0) is 14.9 Å². The number of hydroxylamine groups is 2. The predicted octanol–water partition coefficient (Wildman–Crippen LogP) is 6.79. The fourth-order valence-electron chi connectivity index (χ4n) is 6.89. The summed E-state index contributed by atoms with van der Waals surface area (Å²) in [4.78, 5) is 27.5. The zero-order valence-corrected chi connectivity index (χ0v) is 28.6. The molecule has 7 rings (SSSR count). The Morgan fingerprint density at radius 2 is 1.61 bits per heavy atom. The minimum absolute atomic E-state index is 0.202. The first-order chi connectivity index (χ1) is 23.8. The highest BCUT2D eigenvalue weighted by Gasteiger charge is 2.27. The van der Waals surface area contributed by atoms with Crippen LogP contribution in [0.25, 0.3) is 22.2 Å². The number of hydrogen-bond donors (Lipinski definition) is 2. The van der Waals surface area contributed by atoms with Crippen molar-refractivity contribution in [2.45, 2.75) is 55.5 Å². The number of carbonyl (C=O) groups is 1. The van der Waals surface area contributed by atoms with Crippen molar-refractivity contribution in [3.05, 3.63) is 108 Å². The van der Waals surface area contributed by atoms with Crippen LogP contribution < -0.4 is 10.6 Å². The van der Waals surface area contributed by atoms with Gasteiger partial charge in [-0.1, -0.05) is 72.6 Å². The lowest BCUT2D eigenvalue weighted by Crippen LogP contribution is -2.45. The van der Waals surface area contributed by atoms with Crippen molar-refractivity contribution in [3.8, 4) is 11.3 Å². The van der Waals surface area contributed by atoms with Gasteiger partial charge in [0.2, 0.25) is 5.95 Å². The summed E-state index contributed by atoms with van der Waals surface area (Å²) >= 11 is 6.67. The van der Waals surface area contributed by atoms with E-state index in [1.807, 2.05) is 36.4 Å². The summed E-state index contributed by atoms with van der Waals surface area (Å²) in [6.45, 7) is 2.34. The van der Waals surface area contributed by atoms with Gasteiger partial charge in [-0.3, -0.25) is 0 Å². The third-order valence-corrected chi connectivity index (χ3v) is 11.4. The Hall–Kier alpha value is -4.29. The lowest BCUT2D eigenvalue weighted by molar-refractivity contribution is -0.123. The molecule has 3 aromatic carbocycles. The summed E-state index contributed by atoms with van der Waals surface area (Å²) in [5.41, 5.74) is 2.21. The number of nitrogens with zero attached hydrogens (tertiary/aromatic N) is 4. The van der Waals surface area contributed by atoms with Crippen LogP contribution in [0.15, 0.2) is 102 Å². The van der Waals surface area contributed by atoms with Crippen LogP contribution in [0.5, 0.6) is 0 Å². The van der Waals surface area contributed by atoms with Gasteiger partial charge in [-0.15, -0.1) is 5.06 Å². The molecule has 2 N–H and O–H groups in total. The Bertz CT molecular complexity index is 2020. The molecule has 1 aliphatic heterocycles. The number of rotatable bonds is 10. The van der Waals surface area contributed by atoms with Gasteiger partial charge < -0.3 is 15.5 Å². The molecule has 1 saturated heterocycles. The van der Waals surface area contributed by atoms with Gasteiger partial charge in [0.1, 0.15) is 0 Å². The van der Waals surface area contributed by atoms with E-state index < -0.39 is 10.0 Å². The molecule has 0 amide bonds. The number of nitrogens with one attached hydrogen (secondary N) is 2. The van der Waals surface area contributed by atoms with Gasteiger partial charge in [0.15, 0.2) is 0 Å². The molecule has 0 bridgehead atoms. The number of piperidine rings is 1. The van der Waals surface area contributed by atoms with Crippen LogP contribution in [0, 0.1) is 5.92 Å². The summed E-state index contributed by atoms with van der Waals surface area (Å²) in [6, 6.07) is 25.4. The number of benzene rings is 3. The molecule has 12 heteroatoms. The van der Waals surface area contributed by atoms with Crippen LogP contribution in [-0.4, -0.2) is 65.1 Å². The van der Waals surface area contributed by atoms with Gasteiger partial charge in [-0.25, -0.2) is 27.2 Å². The first kappa shape index (κ1) is 33.2. The molecule has 0 unspecified atom stereocenters. The van der Waals surface area contributed by atoms with Crippen LogP contribution in [0.2, 0.25) is 5.02 Å². The molecule has 3 heterocycles. The van der Waals surface area contributed by atoms with Gasteiger partial charge in [-0.05, 0) is 74.9 Å². The molecule has 2 atom stereocenters. The first-order valence-electron chi connectivity index (χ1n) is 16.8. The van der Waals surface area contributed by atoms with E-state index in [2.05, 4.69) is 15.6 Å². The number of fused-ring (bicyclic) bond motifs is 1. The van der Waals surface area contributed by atoms with E-state index in [0.29, 0.717) is 58.4 Å². The van der Waals surface area contributed by atoms with Gasteiger partial charge in [-0.2, -0.15) is 0 Å². The maximum Gasteiger partial charge on any atom is 0.357 e. The second-order valence-electron chi connectivity index (χ2n) is 12.8. The molecule has 1 aliphatic carbocycles. The van der Waals surface area contributed by atoms with E-state index in [4.69, 9.17) is 21.4 Å². The molecule has 0 radical (unpaired) electrons. The Kier molecular flexibility index (Phi) is 9.95. The number of anilines is 1. The molecule has 254 valence electrons. The zero-order chi connectivity index (χ0) is 33.8. The van der Waals surface area contributed by atoms with E-state index in [9.17, 15) is 13.2 Å². The normalized spacial score (nSPS) is 19.1. The lowest BCUT2D eigenvalue weighted by atomic mass is 9.85. The molecule has 1 saturated carbocycles. The number of halogens is 1. The molecule has 10 nitrogen and oxygen atoms in total. The van der Waals surface area contributed by atoms with Crippen molar-refractivity contribution in [1.82, 2.24) is 24.3 Å². The summed E-state index contributed by atoms with van der Waals surface area (Å²) in [6.07, 6.45) is 9.26. The largest absolute Gasteiger partial charge is 0.364 e. The fraction of sp³-hybridized carbons (Fsp3) is 0.324. The predicted molar refractivity (Wildman–Crippen MR) is 191 cm³/mol. The van der Waals surface area contributed by atoms with Crippen molar-refractivity contribution < 1.29 is 18.0 Å². The SMILES string of the molecule is O=C(ON1CCC(NC[C@H]2CCC[C@@H](Nc3ncc(Cl)c(-c4cn(S(=O)(=O)c5ccccc5)c5ccccc45)n3)C2)CC1)c1ccccc1. The minimum Gasteiger partial charge on any atom is -0.364 e. The second kappa shape index (κ2) is 14.7. The number of aromatic nitrogens is 3. The monoisotopic (exact) mass is 698 g/mol. The van der Waals surface area contributed by atoms with E-state index >= 15 is 0 Å². The highest BCUT2D eigenvalue weighted by molar-refractivity contribution is 7.90. The smallest absolute Gasteiger partial charge is 0.357 e. The first-order valence-corrected chi connectivity index (χ1v) is 18.6. The molecule has 49 heavy (non-hydrogen) atoms. The minimum atomic E-state index is -3.85. The van der Waals surface area contributed by atoms with Crippen LogP contribution in [0.4, 0.5) is 5.95 Å². The second-order valence-corrected chi connectivity index (χ2v) is 15.0. The molecule has 5 aromatic rings. The molecule has 2 aliphatic rings. The zero-order valence-electron chi connectivity index (χ0n) is 27.0. The molecule has 2 fully saturated rings. The van der Waals surface area contributed by atoms with Crippen molar-refractivity contribution >= 4 is 44.4 Å². The lowest BCUT2D eigenvalue weighted by Gasteiger charge is -2.34. The van der Waals surface area contributed by atoms with Gasteiger partial charge in [0, 0.05) is 42.3 Å². The average Bonchev–Trinajstić information content (AvgIpc) is 3.53. The van der Waals surface area contributed by atoms with Crippen LogP contribution in [0.3, 0.4) is 0 Å². The molecule has 0 spiro atoms. The highest BCUT2D eigenvalue weighted by atomic mass is 35.5. The summed E-state index contributed by atoms with van der Waals surface area (Å²) in [7, 11) is -3.85. The summed E-state index contributed by atoms with van der Waals surface area (Å²) in [5.74, 6) is 0.665. The fourth-order valence-corrected chi connectivity index (χ4v) is 8.47. The van der Waals surface area contributed by atoms with Gasteiger partial charge in [0.25, 0.3) is 10.0 Å². The number of carbonyl (C=O) groups excluding carboxylic acids is 1. The highest BCUT2D eigenvalue weighted by Crippen LogP contribution is 2.36. The Morgan fingerprint density at radius 1 is 0.898 bits per heavy atom. The van der Waals surface area contributed by atoms with Crippen molar-refractivity contribution in [3.63, 3.8) is 0 Å². The summed E-state index contributed by atoms with van der Waals surface area (Å²) in [5, 5.41) is 10.2. The number of para-hydroxylation sites is 1. The average molecular weight is 699 g/mol.